The molecule has 8 heteroatoms. The third-order valence-corrected chi connectivity index (χ3v) is 3.92. The van der Waals surface area contributed by atoms with E-state index in [0.717, 1.165) is 0 Å². The number of hydrogen-bond donors (Lipinski definition) is 3. The average molecular weight is 382 g/mol. The number of fused-ring (bicyclic) bond motifs is 1. The number of ether oxygens (including phenoxy) is 2. The van der Waals surface area contributed by atoms with Gasteiger partial charge in [0.2, 0.25) is 12.7 Å². The lowest BCUT2D eigenvalue weighted by Gasteiger charge is -2.16. The van der Waals surface area contributed by atoms with E-state index in [2.05, 4.69) is 10.6 Å². The van der Waals surface area contributed by atoms with Crippen molar-refractivity contribution in [1.82, 2.24) is 10.6 Å². The van der Waals surface area contributed by atoms with Gasteiger partial charge in [0.15, 0.2) is 17.5 Å². The van der Waals surface area contributed by atoms with Crippen molar-refractivity contribution in [1.29, 1.82) is 0 Å². The number of hydrogen-bond acceptors (Lipinski definition) is 5. The minimum Gasteiger partial charge on any atom is -0.479 e. The summed E-state index contributed by atoms with van der Waals surface area (Å²) < 4.78 is 10.5. The summed E-state index contributed by atoms with van der Waals surface area (Å²) in [5, 5.41) is 14.4. The van der Waals surface area contributed by atoms with Gasteiger partial charge in [-0.15, -0.1) is 0 Å². The van der Waals surface area contributed by atoms with Crippen molar-refractivity contribution in [3.63, 3.8) is 0 Å². The molecule has 1 unspecified atom stereocenters. The second-order valence-corrected chi connectivity index (χ2v) is 6.01. The third-order valence-electron chi connectivity index (χ3n) is 3.92. The Bertz CT molecular complexity index is 939. The van der Waals surface area contributed by atoms with Crippen LogP contribution in [0.15, 0.2) is 54.2 Å². The summed E-state index contributed by atoms with van der Waals surface area (Å²) >= 11 is 0. The van der Waals surface area contributed by atoms with Crippen LogP contribution in [0.25, 0.3) is 6.08 Å². The van der Waals surface area contributed by atoms with Crippen LogP contribution in [0.2, 0.25) is 0 Å². The first-order valence-electron chi connectivity index (χ1n) is 8.41. The van der Waals surface area contributed by atoms with Crippen LogP contribution in [-0.4, -0.2) is 29.7 Å². The number of aliphatic carboxylic acids is 1. The Labute approximate surface area is 160 Å². The van der Waals surface area contributed by atoms with Crippen LogP contribution in [0.4, 0.5) is 0 Å². The molecule has 0 saturated heterocycles. The molecule has 1 aliphatic heterocycles. The predicted octanol–water partition coefficient (Wildman–Crippen LogP) is 1.83. The summed E-state index contributed by atoms with van der Waals surface area (Å²) in [6.45, 7) is 1.37. The van der Waals surface area contributed by atoms with Crippen molar-refractivity contribution in [2.75, 3.05) is 6.79 Å². The topological polar surface area (TPSA) is 114 Å². The molecule has 0 bridgehead atoms. The first kappa shape index (κ1) is 19.0. The first-order chi connectivity index (χ1) is 13.4. The van der Waals surface area contributed by atoms with Crippen LogP contribution in [-0.2, 0) is 14.4 Å². The number of carbonyl (C=O) groups is 3. The zero-order valence-corrected chi connectivity index (χ0v) is 15.0. The minimum absolute atomic E-state index is 0.0893. The number of amides is 2. The highest BCUT2D eigenvalue weighted by molar-refractivity contribution is 6.02. The minimum atomic E-state index is -1.26. The number of carboxylic acids is 1. The van der Waals surface area contributed by atoms with Crippen molar-refractivity contribution in [3.05, 3.63) is 65.4 Å². The van der Waals surface area contributed by atoms with Gasteiger partial charge in [0.05, 0.1) is 0 Å². The molecule has 0 saturated carbocycles. The van der Waals surface area contributed by atoms with Gasteiger partial charge >= 0.3 is 5.97 Å². The highest BCUT2D eigenvalue weighted by atomic mass is 16.7. The quantitative estimate of drug-likeness (QED) is 0.657. The standard InChI is InChI=1S/C20H18N2O6/c1-12(23)21-15(9-13-7-8-16-17(10-13)28-11-27-16)19(24)22-18(20(25)26)14-5-3-2-4-6-14/h2-10,18H,11H2,1H3,(H,21,23)(H,22,24)(H,25,26)/b15-9-. The van der Waals surface area contributed by atoms with Crippen LogP contribution in [0.3, 0.4) is 0 Å². The molecule has 1 aliphatic rings. The van der Waals surface area contributed by atoms with Crippen LogP contribution in [0.1, 0.15) is 24.1 Å². The molecule has 2 aromatic rings. The fourth-order valence-electron chi connectivity index (χ4n) is 2.66. The summed E-state index contributed by atoms with van der Waals surface area (Å²) in [7, 11) is 0. The molecule has 144 valence electrons. The fourth-order valence-corrected chi connectivity index (χ4v) is 2.66. The molecule has 28 heavy (non-hydrogen) atoms. The van der Waals surface area contributed by atoms with Gasteiger partial charge in [0.1, 0.15) is 5.70 Å². The summed E-state index contributed by atoms with van der Waals surface area (Å²) in [4.78, 5) is 35.8. The van der Waals surface area contributed by atoms with Gasteiger partial charge in [-0.25, -0.2) is 4.79 Å². The Morgan fingerprint density at radius 3 is 2.46 bits per heavy atom. The molecular formula is C20H18N2O6. The highest BCUT2D eigenvalue weighted by Crippen LogP contribution is 2.33. The lowest BCUT2D eigenvalue weighted by atomic mass is 10.1. The zero-order valence-electron chi connectivity index (χ0n) is 15.0. The predicted molar refractivity (Wildman–Crippen MR) is 99.3 cm³/mol. The maximum atomic E-state index is 12.7. The van der Waals surface area contributed by atoms with Crippen LogP contribution >= 0.6 is 0 Å². The Morgan fingerprint density at radius 1 is 1.07 bits per heavy atom. The molecule has 0 radical (unpaired) electrons. The maximum absolute atomic E-state index is 12.7. The van der Waals surface area contributed by atoms with Gasteiger partial charge in [0.25, 0.3) is 5.91 Å². The molecule has 8 nitrogen and oxygen atoms in total. The summed E-state index contributed by atoms with van der Waals surface area (Å²) in [6, 6.07) is 12.1. The molecule has 3 rings (SSSR count). The number of benzene rings is 2. The van der Waals surface area contributed by atoms with E-state index in [4.69, 9.17) is 9.47 Å². The van der Waals surface area contributed by atoms with E-state index in [-0.39, 0.29) is 12.5 Å². The summed E-state index contributed by atoms with van der Waals surface area (Å²) in [5.74, 6) is -1.32. The Kier molecular flexibility index (Phi) is 5.59. The van der Waals surface area contributed by atoms with Gasteiger partial charge in [-0.1, -0.05) is 36.4 Å². The van der Waals surface area contributed by atoms with Crippen LogP contribution in [0.5, 0.6) is 11.5 Å². The molecule has 1 heterocycles. The van der Waals surface area contributed by atoms with Gasteiger partial charge in [-0.05, 0) is 29.3 Å². The average Bonchev–Trinajstić information content (AvgIpc) is 3.13. The smallest absolute Gasteiger partial charge is 0.330 e. The third kappa shape index (κ3) is 4.47. The summed E-state index contributed by atoms with van der Waals surface area (Å²) in [6.07, 6.45) is 1.43. The van der Waals surface area contributed by atoms with Crippen molar-refractivity contribution in [2.24, 2.45) is 0 Å². The Balaban J connectivity index is 1.87. The van der Waals surface area contributed by atoms with Crippen molar-refractivity contribution in [3.8, 4) is 11.5 Å². The summed E-state index contributed by atoms with van der Waals surface area (Å²) in [5.41, 5.74) is 0.900. The second kappa shape index (κ2) is 8.26. The van der Waals surface area contributed by atoms with E-state index in [1.807, 2.05) is 0 Å². The molecule has 0 spiro atoms. The molecule has 0 aliphatic carbocycles. The fraction of sp³-hybridized carbons (Fsp3) is 0.150. The van der Waals surface area contributed by atoms with Gasteiger partial charge < -0.3 is 25.2 Å². The number of rotatable bonds is 6. The van der Waals surface area contributed by atoms with Crippen LogP contribution in [0, 0.1) is 0 Å². The van der Waals surface area contributed by atoms with Crippen molar-refractivity contribution < 1.29 is 29.0 Å². The Morgan fingerprint density at radius 2 is 1.79 bits per heavy atom. The monoisotopic (exact) mass is 382 g/mol. The SMILES string of the molecule is CC(=O)N/C(=C\c1ccc2c(c1)OCO2)C(=O)NC(C(=O)O)c1ccccc1. The number of carboxylic acid groups (broad SMARTS) is 1. The number of carbonyl (C=O) groups excluding carboxylic acids is 2. The zero-order chi connectivity index (χ0) is 20.1. The lowest BCUT2D eigenvalue weighted by Crippen LogP contribution is -2.39. The molecular weight excluding hydrogens is 364 g/mol. The van der Waals surface area contributed by atoms with E-state index in [1.54, 1.807) is 48.5 Å². The molecule has 2 amide bonds. The van der Waals surface area contributed by atoms with E-state index in [1.165, 1.54) is 13.0 Å². The van der Waals surface area contributed by atoms with Gasteiger partial charge in [-0.3, -0.25) is 9.59 Å². The normalized spacial score (nSPS) is 13.5. The molecule has 2 aromatic carbocycles. The molecule has 0 fully saturated rings. The maximum Gasteiger partial charge on any atom is 0.330 e. The van der Waals surface area contributed by atoms with E-state index < -0.39 is 23.8 Å². The van der Waals surface area contributed by atoms with Crippen LogP contribution < -0.4 is 20.1 Å². The highest BCUT2D eigenvalue weighted by Gasteiger charge is 2.24. The molecule has 0 aromatic heterocycles. The van der Waals surface area contributed by atoms with Crippen molar-refractivity contribution in [2.45, 2.75) is 13.0 Å². The van der Waals surface area contributed by atoms with E-state index in [9.17, 15) is 19.5 Å². The lowest BCUT2D eigenvalue weighted by molar-refractivity contribution is -0.141. The second-order valence-electron chi connectivity index (χ2n) is 6.01. The first-order valence-corrected chi connectivity index (χ1v) is 8.41. The van der Waals surface area contributed by atoms with E-state index in [0.29, 0.717) is 22.6 Å². The number of nitrogens with one attached hydrogen (secondary N) is 2. The largest absolute Gasteiger partial charge is 0.479 e. The van der Waals surface area contributed by atoms with Crippen molar-refractivity contribution >= 4 is 23.9 Å². The molecule has 3 N–H and O–H groups in total. The van der Waals surface area contributed by atoms with Gasteiger partial charge in [-0.2, -0.15) is 0 Å². The molecule has 1 atom stereocenters. The van der Waals surface area contributed by atoms with E-state index >= 15 is 0 Å². The Hall–Kier alpha value is -3.81. The van der Waals surface area contributed by atoms with Gasteiger partial charge in [0, 0.05) is 6.92 Å².